The summed E-state index contributed by atoms with van der Waals surface area (Å²) in [5.41, 5.74) is 8.01. The average molecular weight is 270 g/mol. The smallest absolute Gasteiger partial charge is 0.209 e. The number of hydrogen-bond donors (Lipinski definition) is 1. The van der Waals surface area contributed by atoms with Crippen molar-refractivity contribution in [2.45, 2.75) is 19.6 Å². The minimum Gasteiger partial charge on any atom is -0.439 e. The van der Waals surface area contributed by atoms with Gasteiger partial charge in [0.05, 0.1) is 13.1 Å². The molecule has 0 saturated carbocycles. The Morgan fingerprint density at radius 2 is 2.25 bits per heavy atom. The highest BCUT2D eigenvalue weighted by molar-refractivity contribution is 5.76. The minimum absolute atomic E-state index is 0.668. The van der Waals surface area contributed by atoms with Gasteiger partial charge in [0.15, 0.2) is 5.58 Å². The number of anilines is 1. The number of aromatic nitrogens is 4. The Bertz CT molecular complexity index is 761. The second-order valence-corrected chi connectivity index (χ2v) is 4.99. The molecule has 2 N–H and O–H groups in total. The van der Waals surface area contributed by atoms with Gasteiger partial charge in [-0.1, -0.05) is 0 Å². The van der Waals surface area contributed by atoms with Gasteiger partial charge in [-0.2, -0.15) is 0 Å². The molecule has 0 amide bonds. The van der Waals surface area contributed by atoms with Crippen molar-refractivity contribution in [2.24, 2.45) is 0 Å². The first kappa shape index (κ1) is 11.4. The molecule has 4 rings (SSSR count). The van der Waals surface area contributed by atoms with Crippen LogP contribution in [0.1, 0.15) is 11.7 Å². The third kappa shape index (κ3) is 1.92. The van der Waals surface area contributed by atoms with E-state index in [2.05, 4.69) is 24.6 Å². The molecule has 0 unspecified atom stereocenters. The van der Waals surface area contributed by atoms with Crippen LogP contribution in [0.15, 0.2) is 28.9 Å². The monoisotopic (exact) mass is 270 g/mol. The van der Waals surface area contributed by atoms with E-state index in [9.17, 15) is 0 Å². The van der Waals surface area contributed by atoms with Gasteiger partial charge in [0.1, 0.15) is 17.7 Å². The van der Waals surface area contributed by atoms with Gasteiger partial charge >= 0.3 is 0 Å². The molecule has 7 heteroatoms. The van der Waals surface area contributed by atoms with Gasteiger partial charge in [0, 0.05) is 24.8 Å². The number of nitrogens with two attached hydrogens (primary N) is 1. The Morgan fingerprint density at radius 1 is 1.30 bits per heavy atom. The van der Waals surface area contributed by atoms with Gasteiger partial charge < -0.3 is 14.7 Å². The van der Waals surface area contributed by atoms with Crippen molar-refractivity contribution in [2.75, 3.05) is 12.3 Å². The Balaban J connectivity index is 1.56. The van der Waals surface area contributed by atoms with Gasteiger partial charge in [-0.25, -0.2) is 4.98 Å². The zero-order chi connectivity index (χ0) is 13.5. The summed E-state index contributed by atoms with van der Waals surface area (Å²) in [6.07, 6.45) is 1.77. The number of fused-ring (bicyclic) bond motifs is 2. The van der Waals surface area contributed by atoms with Gasteiger partial charge in [-0.15, -0.1) is 10.2 Å². The van der Waals surface area contributed by atoms with E-state index in [1.165, 1.54) is 0 Å². The zero-order valence-electron chi connectivity index (χ0n) is 10.9. The van der Waals surface area contributed by atoms with Crippen LogP contribution in [0.5, 0.6) is 0 Å². The van der Waals surface area contributed by atoms with Crippen LogP contribution < -0.4 is 5.73 Å². The molecule has 3 aromatic rings. The average Bonchev–Trinajstić information content (AvgIpc) is 3.03. The minimum atomic E-state index is 0.668. The predicted octanol–water partition coefficient (Wildman–Crippen LogP) is 1.02. The van der Waals surface area contributed by atoms with Gasteiger partial charge in [0.25, 0.3) is 0 Å². The van der Waals surface area contributed by atoms with Crippen molar-refractivity contribution in [3.63, 3.8) is 0 Å². The summed E-state index contributed by atoms with van der Waals surface area (Å²) in [4.78, 5) is 6.73. The third-order valence-electron chi connectivity index (χ3n) is 3.53. The van der Waals surface area contributed by atoms with Crippen molar-refractivity contribution >= 4 is 16.8 Å². The van der Waals surface area contributed by atoms with Crippen molar-refractivity contribution in [3.05, 3.63) is 36.2 Å². The molecule has 0 radical (unpaired) electrons. The summed E-state index contributed by atoms with van der Waals surface area (Å²) in [6, 6.07) is 5.52. The highest BCUT2D eigenvalue weighted by atomic mass is 16.3. The lowest BCUT2D eigenvalue weighted by Crippen LogP contribution is -2.33. The summed E-state index contributed by atoms with van der Waals surface area (Å²) in [6.45, 7) is 3.27. The van der Waals surface area contributed by atoms with Crippen LogP contribution in [0, 0.1) is 0 Å². The molecule has 0 atom stereocenters. The highest BCUT2D eigenvalue weighted by Crippen LogP contribution is 2.20. The maximum Gasteiger partial charge on any atom is 0.209 e. The van der Waals surface area contributed by atoms with Crippen LogP contribution in [-0.2, 0) is 19.6 Å². The van der Waals surface area contributed by atoms with E-state index < -0.39 is 0 Å². The van der Waals surface area contributed by atoms with E-state index in [0.717, 1.165) is 36.6 Å². The van der Waals surface area contributed by atoms with Crippen LogP contribution in [-0.4, -0.2) is 31.2 Å². The molecule has 0 saturated heterocycles. The summed E-state index contributed by atoms with van der Waals surface area (Å²) in [5.74, 6) is 1.69. The van der Waals surface area contributed by atoms with Crippen LogP contribution >= 0.6 is 0 Å². The van der Waals surface area contributed by atoms with E-state index in [1.807, 2.05) is 12.1 Å². The summed E-state index contributed by atoms with van der Waals surface area (Å²) in [5, 5.41) is 8.03. The molecular formula is C13H14N6O. The van der Waals surface area contributed by atoms with E-state index >= 15 is 0 Å². The zero-order valence-corrected chi connectivity index (χ0v) is 10.9. The van der Waals surface area contributed by atoms with Crippen LogP contribution in [0.25, 0.3) is 11.1 Å². The van der Waals surface area contributed by atoms with Gasteiger partial charge in [0.2, 0.25) is 5.89 Å². The fourth-order valence-electron chi connectivity index (χ4n) is 2.50. The van der Waals surface area contributed by atoms with Crippen molar-refractivity contribution in [1.29, 1.82) is 0 Å². The second-order valence-electron chi connectivity index (χ2n) is 4.99. The number of oxazole rings is 1. The number of benzene rings is 1. The van der Waals surface area contributed by atoms with Crippen LogP contribution in [0.2, 0.25) is 0 Å². The first-order valence-corrected chi connectivity index (χ1v) is 6.52. The van der Waals surface area contributed by atoms with Crippen LogP contribution in [0.4, 0.5) is 5.69 Å². The molecule has 3 heterocycles. The van der Waals surface area contributed by atoms with E-state index in [-0.39, 0.29) is 0 Å². The molecule has 1 aliphatic rings. The van der Waals surface area contributed by atoms with Crippen molar-refractivity contribution in [3.8, 4) is 0 Å². The summed E-state index contributed by atoms with van der Waals surface area (Å²) >= 11 is 0. The number of hydrogen-bond acceptors (Lipinski definition) is 6. The molecule has 0 fully saturated rings. The Morgan fingerprint density at radius 3 is 3.20 bits per heavy atom. The van der Waals surface area contributed by atoms with Gasteiger partial charge in [-0.05, 0) is 12.1 Å². The predicted molar refractivity (Wildman–Crippen MR) is 72.6 cm³/mol. The largest absolute Gasteiger partial charge is 0.439 e. The van der Waals surface area contributed by atoms with Gasteiger partial charge in [-0.3, -0.25) is 4.90 Å². The van der Waals surface area contributed by atoms with Crippen molar-refractivity contribution in [1.82, 2.24) is 24.6 Å². The number of nitrogens with zero attached hydrogens (tertiary/aromatic N) is 5. The van der Waals surface area contributed by atoms with E-state index in [1.54, 1.807) is 12.4 Å². The molecule has 102 valence electrons. The Kier molecular flexibility index (Phi) is 2.46. The van der Waals surface area contributed by atoms with E-state index in [0.29, 0.717) is 18.1 Å². The first-order valence-electron chi connectivity index (χ1n) is 6.52. The molecule has 1 aliphatic heterocycles. The maximum absolute atomic E-state index is 5.75. The lowest BCUT2D eigenvalue weighted by molar-refractivity contribution is 0.192. The lowest BCUT2D eigenvalue weighted by Gasteiger charge is -2.25. The normalized spacial score (nSPS) is 15.6. The molecule has 0 bridgehead atoms. The fraction of sp³-hybridized carbons (Fsp3) is 0.308. The summed E-state index contributed by atoms with van der Waals surface area (Å²) < 4.78 is 7.82. The summed E-state index contributed by atoms with van der Waals surface area (Å²) in [7, 11) is 0. The number of nitrogen functional groups attached to an aromatic ring is 1. The van der Waals surface area contributed by atoms with Crippen molar-refractivity contribution < 1.29 is 4.42 Å². The molecule has 0 aliphatic carbocycles. The molecule has 1 aromatic carbocycles. The van der Waals surface area contributed by atoms with E-state index in [4.69, 9.17) is 10.2 Å². The number of rotatable bonds is 2. The molecule has 20 heavy (non-hydrogen) atoms. The standard InChI is InChI=1S/C13H14N6O/c14-9-1-2-10-11(5-9)20-13(16-10)7-18-3-4-19-8-15-17-12(19)6-18/h1-2,5,8H,3-4,6-7,14H2. The third-order valence-corrected chi connectivity index (χ3v) is 3.53. The molecule has 7 nitrogen and oxygen atoms in total. The lowest BCUT2D eigenvalue weighted by atomic mass is 10.3. The fourth-order valence-corrected chi connectivity index (χ4v) is 2.50. The Hall–Kier alpha value is -2.41. The highest BCUT2D eigenvalue weighted by Gasteiger charge is 2.19. The molecular weight excluding hydrogens is 256 g/mol. The quantitative estimate of drug-likeness (QED) is 0.700. The van der Waals surface area contributed by atoms with Crippen LogP contribution in [0.3, 0.4) is 0 Å². The SMILES string of the molecule is Nc1ccc2nc(CN3CCn4cnnc4C3)oc2c1. The molecule has 2 aromatic heterocycles. The first-order chi connectivity index (χ1) is 9.78. The topological polar surface area (TPSA) is 86.0 Å². The Labute approximate surface area is 115 Å². The maximum atomic E-state index is 5.75. The second kappa shape index (κ2) is 4.31. The molecule has 0 spiro atoms.